The number of nitrogens with one attached hydrogen (secondary N) is 1. The fourth-order valence-corrected chi connectivity index (χ4v) is 0.879. The van der Waals surface area contributed by atoms with Gasteiger partial charge in [0.25, 0.3) is 0 Å². The van der Waals surface area contributed by atoms with Crippen molar-refractivity contribution in [2.45, 2.75) is 6.92 Å². The highest BCUT2D eigenvalue weighted by atomic mass is 35.5. The predicted molar refractivity (Wildman–Crippen MR) is 54.8 cm³/mol. The Hall–Kier alpha value is -1.29. The third kappa shape index (κ3) is 2.91. The fourth-order valence-electron chi connectivity index (χ4n) is 0.746. The van der Waals surface area contributed by atoms with Crippen molar-refractivity contribution in [2.24, 2.45) is 0 Å². The normalized spacial score (nSPS) is 9.69. The summed E-state index contributed by atoms with van der Waals surface area (Å²) in [6.07, 6.45) is 1.47. The van der Waals surface area contributed by atoms with Crippen LogP contribution in [0.3, 0.4) is 0 Å². The van der Waals surface area contributed by atoms with E-state index in [2.05, 4.69) is 21.9 Å². The van der Waals surface area contributed by atoms with E-state index in [1.807, 2.05) is 6.92 Å². The molecule has 0 amide bonds. The lowest BCUT2D eigenvalue weighted by molar-refractivity contribution is 1.12. The molecule has 13 heavy (non-hydrogen) atoms. The number of anilines is 2. The van der Waals surface area contributed by atoms with Gasteiger partial charge >= 0.3 is 0 Å². The summed E-state index contributed by atoms with van der Waals surface area (Å²) in [5, 5.41) is 3.17. The van der Waals surface area contributed by atoms with Gasteiger partial charge in [-0.05, 0) is 18.5 Å². The lowest BCUT2D eigenvalue weighted by Crippen LogP contribution is -2.07. The molecule has 1 rings (SSSR count). The van der Waals surface area contributed by atoms with Gasteiger partial charge in [0.15, 0.2) is 5.82 Å². The number of halogens is 1. The van der Waals surface area contributed by atoms with Crippen molar-refractivity contribution in [2.75, 3.05) is 17.6 Å². The van der Waals surface area contributed by atoms with Gasteiger partial charge in [-0.1, -0.05) is 12.2 Å². The Morgan fingerprint density at radius 1 is 1.77 bits per heavy atom. The molecule has 0 aliphatic rings. The second-order valence-electron chi connectivity index (χ2n) is 2.75. The average molecular weight is 199 g/mol. The lowest BCUT2D eigenvalue weighted by Gasteiger charge is -2.06. The third-order valence-corrected chi connectivity index (χ3v) is 1.53. The van der Waals surface area contributed by atoms with Crippen molar-refractivity contribution in [3.8, 4) is 0 Å². The quantitative estimate of drug-likeness (QED) is 0.573. The maximum absolute atomic E-state index is 5.60. The number of hydrogen-bond donors (Lipinski definition) is 2. The molecule has 1 aromatic heterocycles. The molecule has 0 aliphatic heterocycles. The van der Waals surface area contributed by atoms with Crippen molar-refractivity contribution >= 4 is 23.1 Å². The van der Waals surface area contributed by atoms with Crippen LogP contribution >= 0.6 is 11.6 Å². The molecule has 3 N–H and O–H groups in total. The Kier molecular flexibility index (Phi) is 3.08. The van der Waals surface area contributed by atoms with Gasteiger partial charge < -0.3 is 11.1 Å². The monoisotopic (exact) mass is 198 g/mol. The minimum Gasteiger partial charge on any atom is -0.394 e. The maximum atomic E-state index is 5.60. The Morgan fingerprint density at radius 3 is 3.08 bits per heavy atom. The average Bonchev–Trinajstić information content (AvgIpc) is 2.06. The topological polar surface area (TPSA) is 63.8 Å². The summed E-state index contributed by atoms with van der Waals surface area (Å²) >= 11 is 5.59. The standard InChI is InChI=1S/C8H11ClN4/c1-5(2)3-11-7-6(10)4-12-8(9)13-7/h4H,1,3,10H2,2H3,(H,11,12,13). The summed E-state index contributed by atoms with van der Waals surface area (Å²) in [5.74, 6) is 0.544. The van der Waals surface area contributed by atoms with E-state index in [-0.39, 0.29) is 5.28 Å². The Bertz CT molecular complexity index is 324. The summed E-state index contributed by atoms with van der Waals surface area (Å²) in [5.41, 5.74) is 7.07. The molecule has 0 radical (unpaired) electrons. The first kappa shape index (κ1) is 9.80. The summed E-state index contributed by atoms with van der Waals surface area (Å²) in [6.45, 7) is 6.27. The van der Waals surface area contributed by atoms with Crippen LogP contribution in [0.2, 0.25) is 5.28 Å². The maximum Gasteiger partial charge on any atom is 0.224 e. The highest BCUT2D eigenvalue weighted by Crippen LogP contribution is 2.15. The second kappa shape index (κ2) is 4.09. The van der Waals surface area contributed by atoms with Crippen LogP contribution in [-0.4, -0.2) is 16.5 Å². The first-order valence-electron chi connectivity index (χ1n) is 3.76. The second-order valence-corrected chi connectivity index (χ2v) is 3.09. The molecule has 4 nitrogen and oxygen atoms in total. The molecule has 0 saturated heterocycles. The molecule has 5 heteroatoms. The van der Waals surface area contributed by atoms with Crippen molar-refractivity contribution < 1.29 is 0 Å². The molecule has 1 aromatic rings. The van der Waals surface area contributed by atoms with E-state index in [0.29, 0.717) is 18.1 Å². The summed E-state index contributed by atoms with van der Waals surface area (Å²) in [7, 11) is 0. The number of rotatable bonds is 3. The van der Waals surface area contributed by atoms with Gasteiger partial charge in [-0.15, -0.1) is 0 Å². The molecule has 0 bridgehead atoms. The van der Waals surface area contributed by atoms with Gasteiger partial charge in [0.05, 0.1) is 11.9 Å². The zero-order valence-corrected chi connectivity index (χ0v) is 8.10. The number of nitrogens with zero attached hydrogens (tertiary/aromatic N) is 2. The molecule has 0 fully saturated rings. The van der Waals surface area contributed by atoms with Crippen LogP contribution in [0.1, 0.15) is 6.92 Å². The minimum atomic E-state index is 0.179. The Morgan fingerprint density at radius 2 is 2.46 bits per heavy atom. The molecule has 70 valence electrons. The molecular weight excluding hydrogens is 188 g/mol. The van der Waals surface area contributed by atoms with Crippen LogP contribution in [0.4, 0.5) is 11.5 Å². The van der Waals surface area contributed by atoms with E-state index >= 15 is 0 Å². The summed E-state index contributed by atoms with van der Waals surface area (Å²) in [6, 6.07) is 0. The molecule has 1 heterocycles. The van der Waals surface area contributed by atoms with Crippen molar-refractivity contribution in [1.29, 1.82) is 0 Å². The smallest absolute Gasteiger partial charge is 0.224 e. The first-order chi connectivity index (χ1) is 6.09. The predicted octanol–water partition coefficient (Wildman–Crippen LogP) is 1.70. The minimum absolute atomic E-state index is 0.179. The molecule has 0 atom stereocenters. The van der Waals surface area contributed by atoms with Crippen LogP contribution in [0.15, 0.2) is 18.3 Å². The van der Waals surface area contributed by atoms with Crippen LogP contribution in [0.25, 0.3) is 0 Å². The Balaban J connectivity index is 2.75. The van der Waals surface area contributed by atoms with Crippen molar-refractivity contribution in [1.82, 2.24) is 9.97 Å². The highest BCUT2D eigenvalue weighted by Gasteiger charge is 2.01. The van der Waals surface area contributed by atoms with Crippen LogP contribution < -0.4 is 11.1 Å². The van der Waals surface area contributed by atoms with Gasteiger partial charge in [-0.2, -0.15) is 4.98 Å². The summed E-state index contributed by atoms with van der Waals surface area (Å²) < 4.78 is 0. The zero-order chi connectivity index (χ0) is 9.84. The van der Waals surface area contributed by atoms with Crippen molar-refractivity contribution in [3.05, 3.63) is 23.6 Å². The molecule has 0 aliphatic carbocycles. The fraction of sp³-hybridized carbons (Fsp3) is 0.250. The SMILES string of the molecule is C=C(C)CNc1nc(Cl)ncc1N. The van der Waals surface area contributed by atoms with E-state index < -0.39 is 0 Å². The Labute approximate surface area is 81.8 Å². The number of aromatic nitrogens is 2. The molecule has 0 saturated carbocycles. The lowest BCUT2D eigenvalue weighted by atomic mass is 10.3. The van der Waals surface area contributed by atoms with E-state index in [1.165, 1.54) is 6.20 Å². The third-order valence-electron chi connectivity index (χ3n) is 1.35. The van der Waals surface area contributed by atoms with E-state index in [4.69, 9.17) is 17.3 Å². The first-order valence-corrected chi connectivity index (χ1v) is 4.13. The van der Waals surface area contributed by atoms with Crippen molar-refractivity contribution in [3.63, 3.8) is 0 Å². The van der Waals surface area contributed by atoms with E-state index in [0.717, 1.165) is 5.57 Å². The molecule has 0 spiro atoms. The van der Waals surface area contributed by atoms with Gasteiger partial charge in [-0.3, -0.25) is 0 Å². The van der Waals surface area contributed by atoms with Crippen LogP contribution in [0, 0.1) is 0 Å². The van der Waals surface area contributed by atoms with E-state index in [1.54, 1.807) is 0 Å². The number of nitrogen functional groups attached to an aromatic ring is 1. The van der Waals surface area contributed by atoms with E-state index in [9.17, 15) is 0 Å². The van der Waals surface area contributed by atoms with Gasteiger partial charge in [-0.25, -0.2) is 4.98 Å². The van der Waals surface area contributed by atoms with Crippen LogP contribution in [-0.2, 0) is 0 Å². The van der Waals surface area contributed by atoms with Gasteiger partial charge in [0.2, 0.25) is 5.28 Å². The largest absolute Gasteiger partial charge is 0.394 e. The summed E-state index contributed by atoms with van der Waals surface area (Å²) in [4.78, 5) is 7.66. The number of hydrogen-bond acceptors (Lipinski definition) is 4. The zero-order valence-electron chi connectivity index (χ0n) is 7.34. The molecule has 0 unspecified atom stereocenters. The van der Waals surface area contributed by atoms with Gasteiger partial charge in [0, 0.05) is 6.54 Å². The molecule has 0 aromatic carbocycles. The highest BCUT2D eigenvalue weighted by molar-refractivity contribution is 6.28. The molecular formula is C8H11ClN4. The number of nitrogens with two attached hydrogens (primary N) is 1. The van der Waals surface area contributed by atoms with Gasteiger partial charge in [0.1, 0.15) is 0 Å². The van der Waals surface area contributed by atoms with Crippen LogP contribution in [0.5, 0.6) is 0 Å².